The van der Waals surface area contributed by atoms with Crippen LogP contribution in [0, 0.1) is 16.7 Å². The van der Waals surface area contributed by atoms with E-state index in [1.807, 2.05) is 41.5 Å². The average molecular weight is 344 g/mol. The van der Waals surface area contributed by atoms with E-state index >= 15 is 0 Å². The van der Waals surface area contributed by atoms with Crippen molar-refractivity contribution in [2.45, 2.75) is 75.2 Å². The van der Waals surface area contributed by atoms with E-state index in [0.29, 0.717) is 26.1 Å². The molecule has 0 aromatic heterocycles. The molecule has 0 heterocycles. The molecule has 0 saturated carbocycles. The molecule has 0 bridgehead atoms. The number of ether oxygens (including phenoxy) is 2. The van der Waals surface area contributed by atoms with Crippen LogP contribution in [-0.4, -0.2) is 30.9 Å². The van der Waals surface area contributed by atoms with E-state index in [1.165, 1.54) is 0 Å². The Hall–Kier alpha value is -1.39. The second-order valence-corrected chi connectivity index (χ2v) is 7.45. The predicted octanol–water partition coefficient (Wildman–Crippen LogP) is 4.18. The summed E-state index contributed by atoms with van der Waals surface area (Å²) >= 11 is 0. The first-order chi connectivity index (χ1) is 10.8. The first kappa shape index (κ1) is 24.9. The number of ketones is 1. The molecule has 0 unspecified atom stereocenters. The largest absolute Gasteiger partial charge is 0.466 e. The van der Waals surface area contributed by atoms with Crippen LogP contribution < -0.4 is 0 Å². The maximum atomic E-state index is 11.6. The van der Waals surface area contributed by atoms with E-state index in [1.54, 1.807) is 20.8 Å². The van der Waals surface area contributed by atoms with Gasteiger partial charge >= 0.3 is 11.9 Å². The second kappa shape index (κ2) is 11.2. The minimum Gasteiger partial charge on any atom is -0.466 e. The lowest BCUT2D eigenvalue weighted by molar-refractivity contribution is -0.154. The summed E-state index contributed by atoms with van der Waals surface area (Å²) in [6.45, 7) is 17.3. The molecule has 5 heteroatoms. The minimum atomic E-state index is -0.511. The molecule has 24 heavy (non-hydrogen) atoms. The number of rotatable bonds is 8. The van der Waals surface area contributed by atoms with Gasteiger partial charge in [0.05, 0.1) is 24.5 Å². The van der Waals surface area contributed by atoms with E-state index in [2.05, 4.69) is 4.74 Å². The molecule has 0 aromatic carbocycles. The van der Waals surface area contributed by atoms with Crippen molar-refractivity contribution in [1.82, 2.24) is 0 Å². The van der Waals surface area contributed by atoms with Crippen molar-refractivity contribution in [3.8, 4) is 0 Å². The molecule has 0 aromatic rings. The standard InChI is InChI=1S/C13H24O3.C6H12O2/c1-7-16-11(15)13(5,6)9-8-12(3,4)10(2)14;1-4-8-6(7)5(2)3/h7-9H2,1-6H3;5H,4H2,1-3H3. The second-order valence-electron chi connectivity index (χ2n) is 7.45. The number of Topliss-reactive ketones (excluding diaryl/α,β-unsaturated/α-hetero) is 1. The molecule has 0 N–H and O–H groups in total. The number of carbonyl (C=O) groups is 3. The average Bonchev–Trinajstić information content (AvgIpc) is 2.46. The topological polar surface area (TPSA) is 69.7 Å². The number of hydrogen-bond donors (Lipinski definition) is 0. The van der Waals surface area contributed by atoms with Crippen molar-refractivity contribution < 1.29 is 23.9 Å². The lowest BCUT2D eigenvalue weighted by Gasteiger charge is -2.27. The van der Waals surface area contributed by atoms with E-state index in [0.717, 1.165) is 0 Å². The Bertz CT molecular complexity index is 408. The normalized spacial score (nSPS) is 11.4. The van der Waals surface area contributed by atoms with Crippen LogP contribution in [0.3, 0.4) is 0 Å². The van der Waals surface area contributed by atoms with Gasteiger partial charge in [-0.1, -0.05) is 27.7 Å². The fourth-order valence-corrected chi connectivity index (χ4v) is 1.54. The van der Waals surface area contributed by atoms with E-state index < -0.39 is 5.41 Å². The van der Waals surface area contributed by atoms with Crippen molar-refractivity contribution in [2.24, 2.45) is 16.7 Å². The molecular formula is C19H36O5. The first-order valence-electron chi connectivity index (χ1n) is 8.66. The van der Waals surface area contributed by atoms with Crippen molar-refractivity contribution in [3.05, 3.63) is 0 Å². The summed E-state index contributed by atoms with van der Waals surface area (Å²) in [6.07, 6.45) is 1.37. The van der Waals surface area contributed by atoms with E-state index in [-0.39, 0.29) is 29.1 Å². The lowest BCUT2D eigenvalue weighted by atomic mass is 9.77. The summed E-state index contributed by atoms with van der Waals surface area (Å²) in [5, 5.41) is 0. The van der Waals surface area contributed by atoms with Gasteiger partial charge in [0.25, 0.3) is 0 Å². The Morgan fingerprint density at radius 2 is 1.25 bits per heavy atom. The summed E-state index contributed by atoms with van der Waals surface area (Å²) in [5.41, 5.74) is -0.869. The van der Waals surface area contributed by atoms with Crippen LogP contribution >= 0.6 is 0 Å². The highest BCUT2D eigenvalue weighted by Gasteiger charge is 2.33. The molecule has 0 radical (unpaired) electrons. The molecule has 142 valence electrons. The summed E-state index contributed by atoms with van der Waals surface area (Å²) in [6, 6.07) is 0. The zero-order valence-corrected chi connectivity index (χ0v) is 16.9. The molecular weight excluding hydrogens is 308 g/mol. The maximum Gasteiger partial charge on any atom is 0.311 e. The highest BCUT2D eigenvalue weighted by molar-refractivity contribution is 5.81. The summed E-state index contributed by atoms with van der Waals surface area (Å²) in [5.74, 6) is -0.135. The third-order valence-corrected chi connectivity index (χ3v) is 3.91. The summed E-state index contributed by atoms with van der Waals surface area (Å²) in [7, 11) is 0. The van der Waals surface area contributed by atoms with Crippen LogP contribution in [-0.2, 0) is 23.9 Å². The Kier molecular flexibility index (Phi) is 11.6. The van der Waals surface area contributed by atoms with Crippen molar-refractivity contribution in [2.75, 3.05) is 13.2 Å². The monoisotopic (exact) mass is 344 g/mol. The van der Waals surface area contributed by atoms with Gasteiger partial charge in [-0.15, -0.1) is 0 Å². The van der Waals surface area contributed by atoms with Gasteiger partial charge in [-0.2, -0.15) is 0 Å². The van der Waals surface area contributed by atoms with Gasteiger partial charge in [0.15, 0.2) is 0 Å². The zero-order chi connectivity index (χ0) is 19.6. The SMILES string of the molecule is CCOC(=O)C(C)(C)CCC(C)(C)C(C)=O.CCOC(=O)C(C)C. The number of carbonyl (C=O) groups excluding carboxylic acids is 3. The molecule has 0 aliphatic carbocycles. The zero-order valence-electron chi connectivity index (χ0n) is 16.9. The summed E-state index contributed by atoms with van der Waals surface area (Å²) < 4.78 is 9.67. The van der Waals surface area contributed by atoms with Crippen LogP contribution in [0.2, 0.25) is 0 Å². The highest BCUT2D eigenvalue weighted by atomic mass is 16.5. The minimum absolute atomic E-state index is 0.00921. The quantitative estimate of drug-likeness (QED) is 0.618. The van der Waals surface area contributed by atoms with Gasteiger partial charge in [0.2, 0.25) is 0 Å². The smallest absolute Gasteiger partial charge is 0.311 e. The number of hydrogen-bond acceptors (Lipinski definition) is 5. The Morgan fingerprint density at radius 1 is 0.833 bits per heavy atom. The van der Waals surface area contributed by atoms with Gasteiger partial charge in [-0.3, -0.25) is 14.4 Å². The molecule has 0 rings (SSSR count). The van der Waals surface area contributed by atoms with E-state index in [4.69, 9.17) is 4.74 Å². The molecule has 5 nitrogen and oxygen atoms in total. The highest BCUT2D eigenvalue weighted by Crippen LogP contribution is 2.32. The lowest BCUT2D eigenvalue weighted by Crippen LogP contribution is -2.30. The van der Waals surface area contributed by atoms with Gasteiger partial charge in [0, 0.05) is 5.41 Å². The van der Waals surface area contributed by atoms with Crippen molar-refractivity contribution in [1.29, 1.82) is 0 Å². The molecule has 0 atom stereocenters. The predicted molar refractivity (Wildman–Crippen MR) is 95.6 cm³/mol. The van der Waals surface area contributed by atoms with Gasteiger partial charge in [-0.05, 0) is 47.5 Å². The van der Waals surface area contributed by atoms with Crippen LogP contribution in [0.25, 0.3) is 0 Å². The fourth-order valence-electron chi connectivity index (χ4n) is 1.54. The Labute approximate surface area is 147 Å². The fraction of sp³-hybridized carbons (Fsp3) is 0.842. The Balaban J connectivity index is 0. The third kappa shape index (κ3) is 10.4. The Morgan fingerprint density at radius 3 is 1.54 bits per heavy atom. The van der Waals surface area contributed by atoms with Crippen LogP contribution in [0.4, 0.5) is 0 Å². The maximum absolute atomic E-state index is 11.6. The van der Waals surface area contributed by atoms with Crippen molar-refractivity contribution >= 4 is 17.7 Å². The van der Waals surface area contributed by atoms with Gasteiger partial charge in [-0.25, -0.2) is 0 Å². The molecule has 0 spiro atoms. The first-order valence-corrected chi connectivity index (χ1v) is 8.66. The van der Waals surface area contributed by atoms with Crippen molar-refractivity contribution in [3.63, 3.8) is 0 Å². The molecule has 0 saturated heterocycles. The van der Waals surface area contributed by atoms with Gasteiger partial charge in [0.1, 0.15) is 5.78 Å². The summed E-state index contributed by atoms with van der Waals surface area (Å²) in [4.78, 5) is 33.5. The van der Waals surface area contributed by atoms with Crippen LogP contribution in [0.1, 0.15) is 75.2 Å². The van der Waals surface area contributed by atoms with E-state index in [9.17, 15) is 14.4 Å². The van der Waals surface area contributed by atoms with Gasteiger partial charge < -0.3 is 9.47 Å². The molecule has 0 aliphatic rings. The van der Waals surface area contributed by atoms with Crippen LogP contribution in [0.5, 0.6) is 0 Å². The molecule has 0 amide bonds. The third-order valence-electron chi connectivity index (χ3n) is 3.91. The molecule has 0 aliphatic heterocycles. The number of esters is 2. The van der Waals surface area contributed by atoms with Crippen LogP contribution in [0.15, 0.2) is 0 Å². The molecule has 0 fully saturated rings.